The van der Waals surface area contributed by atoms with E-state index in [1.54, 1.807) is 6.08 Å². The monoisotopic (exact) mass is 156 g/mol. The summed E-state index contributed by atoms with van der Waals surface area (Å²) < 4.78 is 0. The van der Waals surface area contributed by atoms with Gasteiger partial charge in [0, 0.05) is 25.6 Å². The highest BCUT2D eigenvalue weighted by Gasteiger charge is 2.23. The van der Waals surface area contributed by atoms with Crippen molar-refractivity contribution in [3.63, 3.8) is 0 Å². The third-order valence-corrected chi connectivity index (χ3v) is 2.04. The standard InChI is InChI=1S/C8H12O3/c9-4-6-1-2-8(11)3-7(6)5-10/h1-2,6-7,9-10H,3-5H2. The van der Waals surface area contributed by atoms with Crippen LogP contribution in [0.1, 0.15) is 6.42 Å². The molecular weight excluding hydrogens is 144 g/mol. The molecule has 1 rings (SSSR count). The Bertz CT molecular complexity index is 174. The highest BCUT2D eigenvalue weighted by Crippen LogP contribution is 2.21. The minimum absolute atomic E-state index is 0.00894. The van der Waals surface area contributed by atoms with E-state index in [2.05, 4.69) is 0 Å². The van der Waals surface area contributed by atoms with Gasteiger partial charge < -0.3 is 10.2 Å². The molecule has 0 aromatic carbocycles. The van der Waals surface area contributed by atoms with Crippen molar-refractivity contribution in [3.8, 4) is 0 Å². The third kappa shape index (κ3) is 1.88. The Kier molecular flexibility index (Phi) is 2.79. The zero-order valence-electron chi connectivity index (χ0n) is 6.23. The van der Waals surface area contributed by atoms with Crippen molar-refractivity contribution >= 4 is 5.78 Å². The van der Waals surface area contributed by atoms with Gasteiger partial charge in [-0.15, -0.1) is 0 Å². The summed E-state index contributed by atoms with van der Waals surface area (Å²) in [5.74, 6) is -0.0936. The number of hydrogen-bond acceptors (Lipinski definition) is 3. The van der Waals surface area contributed by atoms with Gasteiger partial charge in [0.15, 0.2) is 5.78 Å². The van der Waals surface area contributed by atoms with Crippen molar-refractivity contribution in [1.82, 2.24) is 0 Å². The SMILES string of the molecule is O=C1C=CC(CO)C(CO)C1. The second-order valence-electron chi connectivity index (χ2n) is 2.82. The predicted molar refractivity (Wildman–Crippen MR) is 39.9 cm³/mol. The van der Waals surface area contributed by atoms with Gasteiger partial charge in [-0.1, -0.05) is 6.08 Å². The van der Waals surface area contributed by atoms with E-state index in [0.717, 1.165) is 0 Å². The smallest absolute Gasteiger partial charge is 0.155 e. The van der Waals surface area contributed by atoms with E-state index in [1.165, 1.54) is 6.08 Å². The van der Waals surface area contributed by atoms with Gasteiger partial charge in [-0.2, -0.15) is 0 Å². The second kappa shape index (κ2) is 3.64. The van der Waals surface area contributed by atoms with E-state index in [1.807, 2.05) is 0 Å². The van der Waals surface area contributed by atoms with Crippen LogP contribution in [-0.2, 0) is 4.79 Å². The molecule has 1 aliphatic rings. The molecule has 0 aromatic rings. The maximum Gasteiger partial charge on any atom is 0.155 e. The summed E-state index contributed by atoms with van der Waals surface area (Å²) in [4.78, 5) is 10.8. The normalized spacial score (nSPS) is 30.9. The quantitative estimate of drug-likeness (QED) is 0.578. The van der Waals surface area contributed by atoms with Crippen LogP contribution in [0.3, 0.4) is 0 Å². The lowest BCUT2D eigenvalue weighted by molar-refractivity contribution is -0.116. The molecule has 3 heteroatoms. The molecule has 0 aromatic heterocycles. The Morgan fingerprint density at radius 2 is 2.18 bits per heavy atom. The molecule has 3 nitrogen and oxygen atoms in total. The van der Waals surface area contributed by atoms with Gasteiger partial charge in [-0.25, -0.2) is 0 Å². The highest BCUT2D eigenvalue weighted by atomic mass is 16.3. The fourth-order valence-electron chi connectivity index (χ4n) is 1.28. The summed E-state index contributed by atoms with van der Waals surface area (Å²) >= 11 is 0. The van der Waals surface area contributed by atoms with Crippen molar-refractivity contribution in [2.75, 3.05) is 13.2 Å². The molecule has 0 heterocycles. The molecule has 62 valence electrons. The third-order valence-electron chi connectivity index (χ3n) is 2.04. The van der Waals surface area contributed by atoms with Crippen LogP contribution in [0.25, 0.3) is 0 Å². The molecule has 2 N–H and O–H groups in total. The Hall–Kier alpha value is -0.670. The topological polar surface area (TPSA) is 57.5 Å². The molecule has 0 spiro atoms. The first kappa shape index (κ1) is 8.43. The van der Waals surface area contributed by atoms with Gasteiger partial charge in [0.25, 0.3) is 0 Å². The summed E-state index contributed by atoms with van der Waals surface area (Å²) in [5.41, 5.74) is 0. The second-order valence-corrected chi connectivity index (χ2v) is 2.82. The van der Waals surface area contributed by atoms with Crippen LogP contribution in [0.5, 0.6) is 0 Å². The van der Waals surface area contributed by atoms with E-state index in [-0.39, 0.29) is 30.8 Å². The Labute approximate surface area is 65.3 Å². The molecule has 0 amide bonds. The lowest BCUT2D eigenvalue weighted by atomic mass is 9.84. The number of rotatable bonds is 2. The Morgan fingerprint density at radius 3 is 2.73 bits per heavy atom. The molecular formula is C8H12O3. The van der Waals surface area contributed by atoms with Crippen LogP contribution >= 0.6 is 0 Å². The number of aliphatic hydroxyl groups excluding tert-OH is 2. The van der Waals surface area contributed by atoms with E-state index in [0.29, 0.717) is 6.42 Å². The average Bonchev–Trinajstić information content (AvgIpc) is 2.04. The van der Waals surface area contributed by atoms with Crippen LogP contribution in [0.15, 0.2) is 12.2 Å². The van der Waals surface area contributed by atoms with Crippen LogP contribution in [0.2, 0.25) is 0 Å². The van der Waals surface area contributed by atoms with Crippen LogP contribution in [0, 0.1) is 11.8 Å². The van der Waals surface area contributed by atoms with Gasteiger partial charge in [0.1, 0.15) is 0 Å². The lowest BCUT2D eigenvalue weighted by Gasteiger charge is -2.22. The summed E-state index contributed by atoms with van der Waals surface area (Å²) in [7, 11) is 0. The molecule has 0 saturated heterocycles. The van der Waals surface area contributed by atoms with Crippen molar-refractivity contribution in [1.29, 1.82) is 0 Å². The first-order valence-electron chi connectivity index (χ1n) is 3.70. The summed E-state index contributed by atoms with van der Waals surface area (Å²) in [6, 6.07) is 0. The fourth-order valence-corrected chi connectivity index (χ4v) is 1.28. The van der Waals surface area contributed by atoms with Crippen molar-refractivity contribution in [2.45, 2.75) is 6.42 Å². The summed E-state index contributed by atoms with van der Waals surface area (Å²) in [6.07, 6.45) is 3.51. The van der Waals surface area contributed by atoms with E-state index >= 15 is 0 Å². The first-order valence-corrected chi connectivity index (χ1v) is 3.70. The minimum Gasteiger partial charge on any atom is -0.396 e. The van der Waals surface area contributed by atoms with E-state index in [4.69, 9.17) is 10.2 Å². The maximum absolute atomic E-state index is 10.8. The highest BCUT2D eigenvalue weighted by molar-refractivity contribution is 5.90. The molecule has 2 atom stereocenters. The number of carbonyl (C=O) groups is 1. The molecule has 0 bridgehead atoms. The first-order chi connectivity index (χ1) is 5.27. The number of ketones is 1. The number of aliphatic hydroxyl groups is 2. The van der Waals surface area contributed by atoms with E-state index in [9.17, 15) is 4.79 Å². The molecule has 0 aliphatic heterocycles. The average molecular weight is 156 g/mol. The zero-order valence-corrected chi connectivity index (χ0v) is 6.23. The zero-order chi connectivity index (χ0) is 8.27. The molecule has 0 fully saturated rings. The van der Waals surface area contributed by atoms with E-state index < -0.39 is 0 Å². The largest absolute Gasteiger partial charge is 0.396 e. The van der Waals surface area contributed by atoms with Gasteiger partial charge in [0.2, 0.25) is 0 Å². The Morgan fingerprint density at radius 1 is 1.45 bits per heavy atom. The van der Waals surface area contributed by atoms with Crippen LogP contribution in [0.4, 0.5) is 0 Å². The van der Waals surface area contributed by atoms with Gasteiger partial charge in [0.05, 0.1) is 0 Å². The number of hydrogen-bond donors (Lipinski definition) is 2. The molecule has 2 unspecified atom stereocenters. The number of carbonyl (C=O) groups excluding carboxylic acids is 1. The lowest BCUT2D eigenvalue weighted by Crippen LogP contribution is -2.26. The molecule has 1 aliphatic carbocycles. The molecule has 11 heavy (non-hydrogen) atoms. The van der Waals surface area contributed by atoms with Crippen molar-refractivity contribution in [3.05, 3.63) is 12.2 Å². The maximum atomic E-state index is 10.8. The minimum atomic E-state index is -0.0856. The number of allylic oxidation sites excluding steroid dienone is 1. The van der Waals surface area contributed by atoms with Crippen LogP contribution < -0.4 is 0 Å². The van der Waals surface area contributed by atoms with Crippen molar-refractivity contribution in [2.24, 2.45) is 11.8 Å². The summed E-state index contributed by atoms with van der Waals surface area (Å²) in [6.45, 7) is -0.0175. The molecule has 0 radical (unpaired) electrons. The Balaban J connectivity index is 2.63. The van der Waals surface area contributed by atoms with Crippen molar-refractivity contribution < 1.29 is 15.0 Å². The van der Waals surface area contributed by atoms with Gasteiger partial charge in [-0.3, -0.25) is 4.79 Å². The van der Waals surface area contributed by atoms with Gasteiger partial charge in [-0.05, 0) is 12.0 Å². The predicted octanol–water partition coefficient (Wildman–Crippen LogP) is -0.268. The fraction of sp³-hybridized carbons (Fsp3) is 0.625. The van der Waals surface area contributed by atoms with Gasteiger partial charge >= 0.3 is 0 Å². The summed E-state index contributed by atoms with van der Waals surface area (Å²) in [5, 5.41) is 17.6. The molecule has 0 saturated carbocycles. The van der Waals surface area contributed by atoms with Crippen LogP contribution in [-0.4, -0.2) is 29.2 Å².